The van der Waals surface area contributed by atoms with Gasteiger partial charge in [0.2, 0.25) is 0 Å². The van der Waals surface area contributed by atoms with Gasteiger partial charge in [0.1, 0.15) is 5.75 Å². The van der Waals surface area contributed by atoms with Crippen molar-refractivity contribution in [3.8, 4) is 5.75 Å². The van der Waals surface area contributed by atoms with Crippen molar-refractivity contribution in [3.05, 3.63) is 29.8 Å². The van der Waals surface area contributed by atoms with E-state index in [9.17, 15) is 0 Å². The van der Waals surface area contributed by atoms with E-state index in [0.29, 0.717) is 6.04 Å². The van der Waals surface area contributed by atoms with Crippen LogP contribution in [0.4, 0.5) is 0 Å². The van der Waals surface area contributed by atoms with Crippen molar-refractivity contribution in [3.63, 3.8) is 0 Å². The predicted octanol–water partition coefficient (Wildman–Crippen LogP) is 4.19. The molecule has 3 heteroatoms. The third kappa shape index (κ3) is 6.96. The van der Waals surface area contributed by atoms with Gasteiger partial charge in [-0.2, -0.15) is 0 Å². The molecule has 0 aliphatic heterocycles. The summed E-state index contributed by atoms with van der Waals surface area (Å²) in [5.41, 5.74) is 1.12. The van der Waals surface area contributed by atoms with Gasteiger partial charge in [0.05, 0.1) is 13.2 Å². The van der Waals surface area contributed by atoms with E-state index < -0.39 is 0 Å². The Hall–Kier alpha value is -1.06. The molecule has 0 fully saturated rings. The molecular formula is C18H31NO2. The lowest BCUT2D eigenvalue weighted by Gasteiger charge is -2.22. The Morgan fingerprint density at radius 2 is 1.81 bits per heavy atom. The van der Waals surface area contributed by atoms with Crippen molar-refractivity contribution in [1.29, 1.82) is 0 Å². The highest BCUT2D eigenvalue weighted by Gasteiger charge is 2.16. The summed E-state index contributed by atoms with van der Waals surface area (Å²) in [6, 6.07) is 8.57. The molecule has 1 unspecified atom stereocenters. The van der Waals surface area contributed by atoms with Crippen LogP contribution in [0.1, 0.15) is 52.2 Å². The Balaban J connectivity index is 2.67. The summed E-state index contributed by atoms with van der Waals surface area (Å²) >= 11 is 0. The third-order valence-corrected chi connectivity index (χ3v) is 3.44. The SMILES string of the molecule is COc1ccccc1C(CNC(C)C)OCCCC(C)C. The van der Waals surface area contributed by atoms with E-state index in [1.165, 1.54) is 6.42 Å². The average molecular weight is 293 g/mol. The number of rotatable bonds is 10. The highest BCUT2D eigenvalue weighted by atomic mass is 16.5. The molecule has 3 nitrogen and oxygen atoms in total. The molecule has 1 aromatic rings. The number of hydrogen-bond donors (Lipinski definition) is 1. The van der Waals surface area contributed by atoms with Gasteiger partial charge in [0, 0.05) is 24.8 Å². The Morgan fingerprint density at radius 1 is 1.10 bits per heavy atom. The van der Waals surface area contributed by atoms with Crippen LogP contribution in [0.5, 0.6) is 5.75 Å². The molecule has 0 amide bonds. The van der Waals surface area contributed by atoms with Crippen LogP contribution >= 0.6 is 0 Å². The topological polar surface area (TPSA) is 30.5 Å². The smallest absolute Gasteiger partial charge is 0.124 e. The summed E-state index contributed by atoms with van der Waals surface area (Å²) in [4.78, 5) is 0. The standard InChI is InChI=1S/C18H31NO2/c1-14(2)9-8-12-21-18(13-19-15(3)4)16-10-6-7-11-17(16)20-5/h6-7,10-11,14-15,18-19H,8-9,12-13H2,1-5H3. The Labute approximate surface area is 130 Å². The van der Waals surface area contributed by atoms with Gasteiger partial charge in [0.15, 0.2) is 0 Å². The molecule has 0 spiro atoms. The monoisotopic (exact) mass is 293 g/mol. The van der Waals surface area contributed by atoms with E-state index in [4.69, 9.17) is 9.47 Å². The molecule has 0 saturated carbocycles. The molecule has 0 aliphatic carbocycles. The van der Waals surface area contributed by atoms with Crippen molar-refractivity contribution < 1.29 is 9.47 Å². The van der Waals surface area contributed by atoms with Gasteiger partial charge < -0.3 is 14.8 Å². The number of hydrogen-bond acceptors (Lipinski definition) is 3. The molecule has 21 heavy (non-hydrogen) atoms. The molecule has 0 aromatic heterocycles. The zero-order valence-corrected chi connectivity index (χ0v) is 14.2. The van der Waals surface area contributed by atoms with Crippen LogP contribution in [0.2, 0.25) is 0 Å². The van der Waals surface area contributed by atoms with Gasteiger partial charge in [-0.1, -0.05) is 45.9 Å². The van der Waals surface area contributed by atoms with Crippen molar-refractivity contribution in [2.24, 2.45) is 5.92 Å². The highest BCUT2D eigenvalue weighted by Crippen LogP contribution is 2.27. The number of ether oxygens (including phenoxy) is 2. The summed E-state index contributed by atoms with van der Waals surface area (Å²) in [6.07, 6.45) is 2.34. The van der Waals surface area contributed by atoms with E-state index in [2.05, 4.69) is 39.1 Å². The summed E-state index contributed by atoms with van der Waals surface area (Å²) in [5.74, 6) is 1.63. The van der Waals surface area contributed by atoms with E-state index in [1.54, 1.807) is 7.11 Å². The van der Waals surface area contributed by atoms with Crippen molar-refractivity contribution in [2.45, 2.75) is 52.7 Å². The fourth-order valence-electron chi connectivity index (χ4n) is 2.25. The van der Waals surface area contributed by atoms with Gasteiger partial charge in [-0.15, -0.1) is 0 Å². The molecule has 0 saturated heterocycles. The third-order valence-electron chi connectivity index (χ3n) is 3.44. The minimum Gasteiger partial charge on any atom is -0.496 e. The van der Waals surface area contributed by atoms with Crippen molar-refractivity contribution >= 4 is 0 Å². The van der Waals surface area contributed by atoms with Gasteiger partial charge >= 0.3 is 0 Å². The molecule has 0 radical (unpaired) electrons. The minimum absolute atomic E-state index is 0.0377. The molecule has 1 atom stereocenters. The second-order valence-corrected chi connectivity index (χ2v) is 6.20. The predicted molar refractivity (Wildman–Crippen MR) is 88.9 cm³/mol. The molecule has 120 valence electrons. The van der Waals surface area contributed by atoms with Crippen LogP contribution in [0.25, 0.3) is 0 Å². The van der Waals surface area contributed by atoms with E-state index in [0.717, 1.165) is 36.8 Å². The van der Waals surface area contributed by atoms with Crippen molar-refractivity contribution in [1.82, 2.24) is 5.32 Å². The van der Waals surface area contributed by atoms with Crippen LogP contribution in [0.3, 0.4) is 0 Å². The van der Waals surface area contributed by atoms with Crippen LogP contribution in [0.15, 0.2) is 24.3 Å². The minimum atomic E-state index is 0.0377. The van der Waals surface area contributed by atoms with Crippen molar-refractivity contribution in [2.75, 3.05) is 20.3 Å². The first-order valence-corrected chi connectivity index (χ1v) is 8.02. The summed E-state index contributed by atoms with van der Waals surface area (Å²) in [7, 11) is 1.71. The summed E-state index contributed by atoms with van der Waals surface area (Å²) < 4.78 is 11.6. The second-order valence-electron chi connectivity index (χ2n) is 6.20. The van der Waals surface area contributed by atoms with E-state index in [-0.39, 0.29) is 6.10 Å². The first kappa shape index (κ1) is 18.0. The first-order chi connectivity index (χ1) is 10.0. The first-order valence-electron chi connectivity index (χ1n) is 8.02. The van der Waals surface area contributed by atoms with Crippen LogP contribution < -0.4 is 10.1 Å². The lowest BCUT2D eigenvalue weighted by Crippen LogP contribution is -2.29. The van der Waals surface area contributed by atoms with Crippen LogP contribution in [-0.4, -0.2) is 26.3 Å². The quantitative estimate of drug-likeness (QED) is 0.656. The van der Waals surface area contributed by atoms with Gasteiger partial charge in [-0.05, 0) is 24.8 Å². The maximum Gasteiger partial charge on any atom is 0.124 e. The summed E-state index contributed by atoms with van der Waals surface area (Å²) in [6.45, 7) is 10.4. The van der Waals surface area contributed by atoms with Gasteiger partial charge in [-0.3, -0.25) is 0 Å². The fourth-order valence-corrected chi connectivity index (χ4v) is 2.25. The Bertz CT molecular complexity index is 391. The maximum atomic E-state index is 6.13. The zero-order chi connectivity index (χ0) is 15.7. The Morgan fingerprint density at radius 3 is 2.43 bits per heavy atom. The maximum absolute atomic E-state index is 6.13. The van der Waals surface area contributed by atoms with E-state index in [1.807, 2.05) is 18.2 Å². The van der Waals surface area contributed by atoms with Gasteiger partial charge in [0.25, 0.3) is 0 Å². The zero-order valence-electron chi connectivity index (χ0n) is 14.2. The lowest BCUT2D eigenvalue weighted by atomic mass is 10.1. The molecule has 0 bridgehead atoms. The normalized spacial score (nSPS) is 12.9. The van der Waals surface area contributed by atoms with Gasteiger partial charge in [-0.25, -0.2) is 0 Å². The Kier molecular flexibility index (Phi) is 8.40. The molecule has 1 rings (SSSR count). The number of nitrogens with one attached hydrogen (secondary N) is 1. The summed E-state index contributed by atoms with van der Waals surface area (Å²) in [5, 5.41) is 3.46. The highest BCUT2D eigenvalue weighted by molar-refractivity contribution is 5.35. The molecular weight excluding hydrogens is 262 g/mol. The van der Waals surface area contributed by atoms with Crippen LogP contribution in [0, 0.1) is 5.92 Å². The average Bonchev–Trinajstić information content (AvgIpc) is 2.46. The largest absolute Gasteiger partial charge is 0.496 e. The fraction of sp³-hybridized carbons (Fsp3) is 0.667. The molecule has 1 N–H and O–H groups in total. The molecule has 1 aromatic carbocycles. The second kappa shape index (κ2) is 9.80. The lowest BCUT2D eigenvalue weighted by molar-refractivity contribution is 0.0459. The van der Waals surface area contributed by atoms with E-state index >= 15 is 0 Å². The number of benzene rings is 1. The van der Waals surface area contributed by atoms with Crippen LogP contribution in [-0.2, 0) is 4.74 Å². The molecule has 0 heterocycles. The number of methoxy groups -OCH3 is 1. The number of para-hydroxylation sites is 1. The molecule has 0 aliphatic rings.